The van der Waals surface area contributed by atoms with E-state index in [1.807, 2.05) is 13.8 Å². The molecule has 2 aromatic carbocycles. The summed E-state index contributed by atoms with van der Waals surface area (Å²) < 4.78 is 40.0. The number of hydrogen-bond acceptors (Lipinski definition) is 4. The second kappa shape index (κ2) is 14.5. The smallest absolute Gasteiger partial charge is 0.242 e. The summed E-state index contributed by atoms with van der Waals surface area (Å²) in [5, 5.41) is 3.62. The molecular weight excluding hydrogens is 540 g/mol. The molecule has 0 aliphatic heterocycles. The van der Waals surface area contributed by atoms with Gasteiger partial charge in [0.15, 0.2) is 0 Å². The van der Waals surface area contributed by atoms with Crippen molar-refractivity contribution in [2.75, 3.05) is 23.7 Å². The average Bonchev–Trinajstić information content (AvgIpc) is 2.83. The highest BCUT2D eigenvalue weighted by atomic mass is 35.5. The minimum absolute atomic E-state index is 0.0140. The molecule has 2 amide bonds. The Kier molecular flexibility index (Phi) is 12.1. The summed E-state index contributed by atoms with van der Waals surface area (Å²) in [5.74, 6) is -1.32. The summed E-state index contributed by atoms with van der Waals surface area (Å²) in [6.45, 7) is 4.22. The van der Waals surface area contributed by atoms with Crippen LogP contribution in [0.5, 0.6) is 0 Å². The second-order valence-corrected chi connectivity index (χ2v) is 11.4. The minimum atomic E-state index is -3.80. The Bertz CT molecular complexity index is 1160. The van der Waals surface area contributed by atoms with Crippen molar-refractivity contribution < 1.29 is 22.4 Å². The van der Waals surface area contributed by atoms with E-state index in [9.17, 15) is 22.4 Å². The van der Waals surface area contributed by atoms with Gasteiger partial charge in [0, 0.05) is 41.7 Å². The van der Waals surface area contributed by atoms with Crippen molar-refractivity contribution in [2.45, 2.75) is 58.5 Å². The maximum atomic E-state index is 14.3. The van der Waals surface area contributed by atoms with E-state index in [1.54, 1.807) is 24.3 Å². The molecule has 1 N–H and O–H groups in total. The molecule has 37 heavy (non-hydrogen) atoms. The summed E-state index contributed by atoms with van der Waals surface area (Å²) >= 11 is 12.7. The van der Waals surface area contributed by atoms with Crippen LogP contribution in [0.25, 0.3) is 0 Å². The zero-order chi connectivity index (χ0) is 27.6. The molecule has 0 saturated heterocycles. The summed E-state index contributed by atoms with van der Waals surface area (Å²) in [4.78, 5) is 27.9. The molecule has 204 valence electrons. The summed E-state index contributed by atoms with van der Waals surface area (Å²) in [6, 6.07) is 9.80. The van der Waals surface area contributed by atoms with Crippen LogP contribution in [-0.2, 0) is 26.2 Å². The van der Waals surface area contributed by atoms with Crippen molar-refractivity contribution in [1.29, 1.82) is 0 Å². The molecule has 2 aromatic rings. The highest BCUT2D eigenvalue weighted by Crippen LogP contribution is 2.28. The highest BCUT2D eigenvalue weighted by molar-refractivity contribution is 7.92. The Morgan fingerprint density at radius 3 is 2.24 bits per heavy atom. The maximum Gasteiger partial charge on any atom is 0.242 e. The van der Waals surface area contributed by atoms with Crippen LogP contribution in [0.15, 0.2) is 42.5 Å². The van der Waals surface area contributed by atoms with E-state index >= 15 is 0 Å². The molecule has 0 aromatic heterocycles. The number of anilines is 1. The van der Waals surface area contributed by atoms with Gasteiger partial charge in [-0.15, -0.1) is 0 Å². The molecule has 11 heteroatoms. The quantitative estimate of drug-likeness (QED) is 0.306. The van der Waals surface area contributed by atoms with Crippen LogP contribution in [0, 0.1) is 5.82 Å². The summed E-state index contributed by atoms with van der Waals surface area (Å²) in [7, 11) is -3.80. The number of hydrogen-bond donors (Lipinski definition) is 1. The first-order chi connectivity index (χ1) is 17.5. The Morgan fingerprint density at radius 1 is 1.03 bits per heavy atom. The van der Waals surface area contributed by atoms with Gasteiger partial charge in [0.2, 0.25) is 21.8 Å². The van der Waals surface area contributed by atoms with Gasteiger partial charge in [0.05, 0.1) is 11.9 Å². The number of sulfonamides is 1. The van der Waals surface area contributed by atoms with Crippen LogP contribution >= 0.6 is 23.2 Å². The van der Waals surface area contributed by atoms with Crippen molar-refractivity contribution in [3.8, 4) is 0 Å². The molecule has 0 bridgehead atoms. The SMILES string of the molecule is CCCCNC(=O)[C@H](CC)N(Cc1c(Cl)cccc1Cl)C(=O)CCCN(c1ccccc1F)S(C)(=O)=O. The molecule has 0 radical (unpaired) electrons. The summed E-state index contributed by atoms with van der Waals surface area (Å²) in [6.07, 6.45) is 3.11. The lowest BCUT2D eigenvalue weighted by Crippen LogP contribution is -2.49. The fourth-order valence-corrected chi connectivity index (χ4v) is 5.40. The normalized spacial score (nSPS) is 12.2. The number of para-hydroxylation sites is 1. The monoisotopic (exact) mass is 573 g/mol. The Labute approximate surface area is 229 Å². The van der Waals surface area contributed by atoms with Crippen molar-refractivity contribution in [3.63, 3.8) is 0 Å². The number of carbonyl (C=O) groups excluding carboxylic acids is 2. The van der Waals surface area contributed by atoms with Crippen molar-refractivity contribution >= 4 is 50.7 Å². The van der Waals surface area contributed by atoms with Gasteiger partial charge in [0.1, 0.15) is 11.9 Å². The van der Waals surface area contributed by atoms with Gasteiger partial charge >= 0.3 is 0 Å². The number of nitrogens with one attached hydrogen (secondary N) is 1. The Balaban J connectivity index is 2.26. The molecule has 0 aliphatic rings. The third-order valence-electron chi connectivity index (χ3n) is 5.88. The predicted octanol–water partition coefficient (Wildman–Crippen LogP) is 5.40. The molecule has 0 aliphatic carbocycles. The van der Waals surface area contributed by atoms with Gasteiger partial charge in [-0.3, -0.25) is 13.9 Å². The van der Waals surface area contributed by atoms with Crippen LogP contribution in [0.2, 0.25) is 10.0 Å². The zero-order valence-electron chi connectivity index (χ0n) is 21.3. The number of amides is 2. The van der Waals surface area contributed by atoms with E-state index in [1.165, 1.54) is 23.1 Å². The third kappa shape index (κ3) is 8.86. The van der Waals surface area contributed by atoms with Crippen molar-refractivity contribution in [2.24, 2.45) is 0 Å². The van der Waals surface area contributed by atoms with E-state index in [2.05, 4.69) is 5.32 Å². The van der Waals surface area contributed by atoms with Crippen molar-refractivity contribution in [1.82, 2.24) is 10.2 Å². The maximum absolute atomic E-state index is 14.3. The van der Waals surface area contributed by atoms with Crippen LogP contribution in [0.1, 0.15) is 51.5 Å². The number of rotatable bonds is 14. The fourth-order valence-electron chi connectivity index (χ4n) is 3.92. The predicted molar refractivity (Wildman–Crippen MR) is 147 cm³/mol. The van der Waals surface area contributed by atoms with Crippen LogP contribution in [0.4, 0.5) is 10.1 Å². The molecule has 0 saturated carbocycles. The zero-order valence-corrected chi connectivity index (χ0v) is 23.7. The molecule has 0 unspecified atom stereocenters. The van der Waals surface area contributed by atoms with Crippen LogP contribution in [0.3, 0.4) is 0 Å². The van der Waals surface area contributed by atoms with Crippen LogP contribution in [-0.4, -0.2) is 50.5 Å². The number of unbranched alkanes of at least 4 members (excludes halogenated alkanes) is 1. The van der Waals surface area contributed by atoms with Gasteiger partial charge in [-0.25, -0.2) is 12.8 Å². The highest BCUT2D eigenvalue weighted by Gasteiger charge is 2.30. The van der Waals surface area contributed by atoms with Gasteiger partial charge in [0.25, 0.3) is 0 Å². The average molecular weight is 575 g/mol. The number of benzene rings is 2. The molecule has 2 rings (SSSR count). The lowest BCUT2D eigenvalue weighted by atomic mass is 10.1. The van der Waals surface area contributed by atoms with E-state index in [0.29, 0.717) is 28.6 Å². The molecule has 0 heterocycles. The first-order valence-corrected chi connectivity index (χ1v) is 14.8. The molecule has 1 atom stereocenters. The Hall–Kier alpha value is -2.36. The molecular formula is C26H34Cl2FN3O4S. The fraction of sp³-hybridized carbons (Fsp3) is 0.462. The molecule has 0 fully saturated rings. The molecule has 0 spiro atoms. The van der Waals surface area contributed by atoms with Crippen molar-refractivity contribution in [3.05, 3.63) is 63.9 Å². The van der Waals surface area contributed by atoms with Gasteiger partial charge in [-0.1, -0.05) is 61.7 Å². The largest absolute Gasteiger partial charge is 0.354 e. The van der Waals surface area contributed by atoms with Gasteiger partial charge < -0.3 is 10.2 Å². The first kappa shape index (κ1) is 30.9. The lowest BCUT2D eigenvalue weighted by molar-refractivity contribution is -0.141. The van der Waals surface area contributed by atoms with E-state index in [0.717, 1.165) is 23.4 Å². The summed E-state index contributed by atoms with van der Waals surface area (Å²) in [5.41, 5.74) is 0.432. The van der Waals surface area contributed by atoms with Gasteiger partial charge in [-0.2, -0.15) is 0 Å². The molecule has 7 nitrogen and oxygen atoms in total. The van der Waals surface area contributed by atoms with Gasteiger partial charge in [-0.05, 0) is 43.5 Å². The van der Waals surface area contributed by atoms with Crippen LogP contribution < -0.4 is 9.62 Å². The number of halogens is 3. The second-order valence-electron chi connectivity index (χ2n) is 8.68. The number of carbonyl (C=O) groups is 2. The topological polar surface area (TPSA) is 86.8 Å². The van der Waals surface area contributed by atoms with E-state index in [4.69, 9.17) is 23.2 Å². The lowest BCUT2D eigenvalue weighted by Gasteiger charge is -2.31. The standard InChI is InChI=1S/C26H34Cl2FN3O4S/c1-4-6-16-30-26(34)23(5-2)31(18-19-20(27)11-9-12-21(19)28)25(33)15-10-17-32(37(3,35)36)24-14-8-7-13-22(24)29/h7-9,11-14,23H,4-6,10,15-18H2,1-3H3,(H,30,34)/t23-/m0/s1. The first-order valence-electron chi connectivity index (χ1n) is 12.2. The third-order valence-corrected chi connectivity index (χ3v) is 7.77. The van der Waals surface area contributed by atoms with E-state index < -0.39 is 21.9 Å². The Morgan fingerprint density at radius 2 is 1.68 bits per heavy atom. The van der Waals surface area contributed by atoms with E-state index in [-0.39, 0.29) is 43.4 Å². The number of nitrogens with zero attached hydrogens (tertiary/aromatic N) is 2. The minimum Gasteiger partial charge on any atom is -0.354 e.